The zero-order valence-corrected chi connectivity index (χ0v) is 13.1. The minimum Gasteiger partial charge on any atom is -0.481 e. The maximum atomic E-state index is 12.0. The highest BCUT2D eigenvalue weighted by Gasteiger charge is 2.15. The predicted octanol–water partition coefficient (Wildman–Crippen LogP) is 2.31. The van der Waals surface area contributed by atoms with Gasteiger partial charge in [-0.3, -0.25) is 14.5 Å². The highest BCUT2D eigenvalue weighted by molar-refractivity contribution is 6.31. The van der Waals surface area contributed by atoms with Gasteiger partial charge in [0.15, 0.2) is 0 Å². The fourth-order valence-corrected chi connectivity index (χ4v) is 2.30. The first-order valence-corrected chi connectivity index (χ1v) is 7.29. The first kappa shape index (κ1) is 17.5. The van der Waals surface area contributed by atoms with Crippen LogP contribution in [0.5, 0.6) is 0 Å². The molecule has 0 bridgehead atoms. The van der Waals surface area contributed by atoms with E-state index in [1.165, 1.54) is 0 Å². The summed E-state index contributed by atoms with van der Waals surface area (Å²) in [6, 6.07) is 7.17. The molecule has 0 radical (unpaired) electrons. The molecule has 0 saturated carbocycles. The number of amides is 1. The van der Waals surface area contributed by atoms with Gasteiger partial charge in [-0.1, -0.05) is 36.7 Å². The van der Waals surface area contributed by atoms with Crippen LogP contribution in [-0.2, 0) is 9.59 Å². The van der Waals surface area contributed by atoms with Gasteiger partial charge in [-0.2, -0.15) is 0 Å². The van der Waals surface area contributed by atoms with E-state index in [1.54, 1.807) is 11.0 Å². The Balaban J connectivity index is 2.52. The first-order chi connectivity index (χ1) is 9.93. The molecule has 0 fully saturated rings. The molecule has 116 valence electrons. The Bertz CT molecular complexity index is 494. The lowest BCUT2D eigenvalue weighted by molar-refractivity contribution is -0.137. The summed E-state index contributed by atoms with van der Waals surface area (Å²) in [5, 5.41) is 12.2. The van der Waals surface area contributed by atoms with Crippen LogP contribution in [-0.4, -0.2) is 41.5 Å². The molecule has 0 aromatic heterocycles. The summed E-state index contributed by atoms with van der Waals surface area (Å²) in [5.74, 6) is -1.01. The fourth-order valence-electron chi connectivity index (χ4n) is 2.00. The number of aliphatic carboxylic acids is 1. The van der Waals surface area contributed by atoms with Crippen LogP contribution in [0.15, 0.2) is 24.3 Å². The average Bonchev–Trinajstić information content (AvgIpc) is 2.43. The summed E-state index contributed by atoms with van der Waals surface area (Å²) >= 11 is 6.09. The van der Waals surface area contributed by atoms with Gasteiger partial charge in [-0.15, -0.1) is 0 Å². The monoisotopic (exact) mass is 312 g/mol. The van der Waals surface area contributed by atoms with Gasteiger partial charge in [0.1, 0.15) is 0 Å². The number of benzene rings is 1. The Morgan fingerprint density at radius 2 is 2.05 bits per heavy atom. The molecule has 1 aromatic rings. The molecular weight excluding hydrogens is 292 g/mol. The number of halogens is 1. The van der Waals surface area contributed by atoms with Crippen molar-refractivity contribution < 1.29 is 14.7 Å². The van der Waals surface area contributed by atoms with Crippen molar-refractivity contribution >= 4 is 23.5 Å². The summed E-state index contributed by atoms with van der Waals surface area (Å²) < 4.78 is 0. The van der Waals surface area contributed by atoms with E-state index in [-0.39, 0.29) is 24.9 Å². The van der Waals surface area contributed by atoms with Crippen molar-refractivity contribution in [3.05, 3.63) is 34.9 Å². The Morgan fingerprint density at radius 1 is 1.38 bits per heavy atom. The lowest BCUT2D eigenvalue weighted by atomic mass is 10.1. The molecule has 0 spiro atoms. The molecule has 0 aliphatic rings. The Hall–Kier alpha value is -1.59. The van der Waals surface area contributed by atoms with E-state index in [2.05, 4.69) is 5.32 Å². The number of carbonyl (C=O) groups excluding carboxylic acids is 1. The number of carboxylic acid groups (broad SMARTS) is 1. The molecule has 0 aliphatic carbocycles. The lowest BCUT2D eigenvalue weighted by Gasteiger charge is -2.21. The number of carboxylic acids is 1. The number of rotatable bonds is 8. The van der Waals surface area contributed by atoms with Crippen molar-refractivity contribution in [2.45, 2.75) is 26.3 Å². The molecule has 0 heterocycles. The number of nitrogens with one attached hydrogen (secondary N) is 1. The smallest absolute Gasteiger partial charge is 0.304 e. The summed E-state index contributed by atoms with van der Waals surface area (Å²) in [6.07, 6.45) is 0.0290. The summed E-state index contributed by atoms with van der Waals surface area (Å²) in [4.78, 5) is 24.4. The van der Waals surface area contributed by atoms with E-state index in [0.717, 1.165) is 5.56 Å². The van der Waals surface area contributed by atoms with Crippen LogP contribution in [0.25, 0.3) is 0 Å². The summed E-state index contributed by atoms with van der Waals surface area (Å²) in [7, 11) is 0. The number of carbonyl (C=O) groups is 2. The summed E-state index contributed by atoms with van der Waals surface area (Å²) in [6.45, 7) is 4.93. The fraction of sp³-hybridized carbons (Fsp3) is 0.467. The van der Waals surface area contributed by atoms with E-state index in [4.69, 9.17) is 16.7 Å². The van der Waals surface area contributed by atoms with Gasteiger partial charge in [-0.25, -0.2) is 0 Å². The molecule has 5 nitrogen and oxygen atoms in total. The highest BCUT2D eigenvalue weighted by atomic mass is 35.5. The van der Waals surface area contributed by atoms with Crippen molar-refractivity contribution in [1.82, 2.24) is 10.2 Å². The minimum absolute atomic E-state index is 0.0290. The number of nitrogens with zero attached hydrogens (tertiary/aromatic N) is 1. The second-order valence-corrected chi connectivity index (χ2v) is 5.23. The van der Waals surface area contributed by atoms with Crippen molar-refractivity contribution in [2.24, 2.45) is 0 Å². The van der Waals surface area contributed by atoms with Gasteiger partial charge in [0, 0.05) is 11.6 Å². The van der Waals surface area contributed by atoms with Crippen molar-refractivity contribution in [3.8, 4) is 0 Å². The third kappa shape index (κ3) is 6.14. The van der Waals surface area contributed by atoms with Gasteiger partial charge in [-0.05, 0) is 25.1 Å². The van der Waals surface area contributed by atoms with E-state index >= 15 is 0 Å². The standard InChI is InChI=1S/C15H21ClN2O3/c1-3-18(9-8-15(20)21)10-14(19)17-11(2)12-6-4-5-7-13(12)16/h4-7,11H,3,8-10H2,1-2H3,(H,17,19)(H,20,21). The first-order valence-electron chi connectivity index (χ1n) is 6.92. The maximum Gasteiger partial charge on any atom is 0.304 e. The number of likely N-dealkylation sites (N-methyl/N-ethyl adjacent to an activating group) is 1. The van der Waals surface area contributed by atoms with E-state index < -0.39 is 5.97 Å². The van der Waals surface area contributed by atoms with Gasteiger partial charge in [0.2, 0.25) is 5.91 Å². The van der Waals surface area contributed by atoms with Crippen LogP contribution in [0.4, 0.5) is 0 Å². The van der Waals surface area contributed by atoms with Crippen LogP contribution < -0.4 is 5.32 Å². The van der Waals surface area contributed by atoms with Crippen LogP contribution in [0.1, 0.15) is 31.9 Å². The van der Waals surface area contributed by atoms with Gasteiger partial charge >= 0.3 is 5.97 Å². The molecule has 1 atom stereocenters. The molecule has 1 rings (SSSR count). The Morgan fingerprint density at radius 3 is 2.62 bits per heavy atom. The SMILES string of the molecule is CCN(CCC(=O)O)CC(=O)NC(C)c1ccccc1Cl. The zero-order chi connectivity index (χ0) is 15.8. The average molecular weight is 313 g/mol. The van der Waals surface area contributed by atoms with Crippen LogP contribution >= 0.6 is 11.6 Å². The largest absolute Gasteiger partial charge is 0.481 e. The third-order valence-corrected chi connectivity index (χ3v) is 3.55. The molecule has 21 heavy (non-hydrogen) atoms. The highest BCUT2D eigenvalue weighted by Crippen LogP contribution is 2.21. The predicted molar refractivity (Wildman–Crippen MR) is 82.4 cm³/mol. The van der Waals surface area contributed by atoms with Crippen LogP contribution in [0, 0.1) is 0 Å². The molecule has 2 N–H and O–H groups in total. The minimum atomic E-state index is -0.863. The quantitative estimate of drug-likeness (QED) is 0.773. The Labute approximate surface area is 129 Å². The van der Waals surface area contributed by atoms with E-state index in [0.29, 0.717) is 18.1 Å². The van der Waals surface area contributed by atoms with Crippen molar-refractivity contribution in [2.75, 3.05) is 19.6 Å². The Kier molecular flexibility index (Phi) is 7.19. The zero-order valence-electron chi connectivity index (χ0n) is 12.3. The lowest BCUT2D eigenvalue weighted by Crippen LogP contribution is -2.39. The van der Waals surface area contributed by atoms with Crippen molar-refractivity contribution in [1.29, 1.82) is 0 Å². The molecule has 1 amide bonds. The van der Waals surface area contributed by atoms with Gasteiger partial charge in [0.25, 0.3) is 0 Å². The second-order valence-electron chi connectivity index (χ2n) is 4.82. The maximum absolute atomic E-state index is 12.0. The molecule has 6 heteroatoms. The number of hydrogen-bond donors (Lipinski definition) is 2. The van der Waals surface area contributed by atoms with Gasteiger partial charge < -0.3 is 10.4 Å². The molecular formula is C15H21ClN2O3. The third-order valence-electron chi connectivity index (χ3n) is 3.21. The summed E-state index contributed by atoms with van der Waals surface area (Å²) in [5.41, 5.74) is 0.862. The number of hydrogen-bond acceptors (Lipinski definition) is 3. The molecule has 0 saturated heterocycles. The van der Waals surface area contributed by atoms with Crippen LogP contribution in [0.3, 0.4) is 0 Å². The second kappa shape index (κ2) is 8.64. The van der Waals surface area contributed by atoms with Crippen molar-refractivity contribution in [3.63, 3.8) is 0 Å². The van der Waals surface area contributed by atoms with E-state index in [1.807, 2.05) is 32.0 Å². The normalized spacial score (nSPS) is 12.2. The van der Waals surface area contributed by atoms with Gasteiger partial charge in [0.05, 0.1) is 19.0 Å². The van der Waals surface area contributed by atoms with E-state index in [9.17, 15) is 9.59 Å². The molecule has 1 unspecified atom stereocenters. The molecule has 1 aromatic carbocycles. The van der Waals surface area contributed by atoms with Crippen LogP contribution in [0.2, 0.25) is 5.02 Å². The topological polar surface area (TPSA) is 69.6 Å². The molecule has 0 aliphatic heterocycles.